The summed E-state index contributed by atoms with van der Waals surface area (Å²) in [5.41, 5.74) is 0. The Morgan fingerprint density at radius 2 is 1.89 bits per heavy atom. The van der Waals surface area contributed by atoms with E-state index in [2.05, 4.69) is 0 Å². The van der Waals surface area contributed by atoms with Crippen LogP contribution in [0.4, 0.5) is 0 Å². The number of ether oxygens (including phenoxy) is 1. The SMILES string of the molecule is COc1ccc(S(=O)(=O)N2CCC(S(=O)(=O)Cc3ccco3)CC2)cc1Cl. The van der Waals surface area contributed by atoms with Gasteiger partial charge in [0.15, 0.2) is 9.84 Å². The third-order valence-corrected chi connectivity index (χ3v) is 8.96. The van der Waals surface area contributed by atoms with Gasteiger partial charge in [0, 0.05) is 13.1 Å². The number of hydrogen-bond acceptors (Lipinski definition) is 6. The molecule has 0 amide bonds. The molecule has 148 valence electrons. The highest BCUT2D eigenvalue weighted by molar-refractivity contribution is 7.91. The first kappa shape index (κ1) is 20.2. The molecule has 2 aromatic rings. The van der Waals surface area contributed by atoms with Crippen molar-refractivity contribution in [1.82, 2.24) is 4.31 Å². The molecule has 1 fully saturated rings. The second-order valence-corrected chi connectivity index (χ2v) is 10.9. The quantitative estimate of drug-likeness (QED) is 0.695. The molecule has 1 aromatic heterocycles. The van der Waals surface area contributed by atoms with Crippen molar-refractivity contribution < 1.29 is 26.0 Å². The van der Waals surface area contributed by atoms with Gasteiger partial charge in [0.2, 0.25) is 10.0 Å². The molecule has 0 radical (unpaired) electrons. The molecular formula is C17H20ClNO6S2. The summed E-state index contributed by atoms with van der Waals surface area (Å²) >= 11 is 6.03. The van der Waals surface area contributed by atoms with Crippen LogP contribution in [-0.2, 0) is 25.6 Å². The molecule has 10 heteroatoms. The van der Waals surface area contributed by atoms with Crippen molar-refractivity contribution in [3.63, 3.8) is 0 Å². The number of methoxy groups -OCH3 is 1. The summed E-state index contributed by atoms with van der Waals surface area (Å²) in [6.07, 6.45) is 1.92. The zero-order valence-electron chi connectivity index (χ0n) is 14.7. The largest absolute Gasteiger partial charge is 0.495 e. The lowest BCUT2D eigenvalue weighted by molar-refractivity contribution is 0.345. The van der Waals surface area contributed by atoms with E-state index < -0.39 is 25.1 Å². The molecule has 2 heterocycles. The Balaban J connectivity index is 1.70. The van der Waals surface area contributed by atoms with Crippen LogP contribution in [0, 0.1) is 0 Å². The standard InChI is InChI=1S/C17H20ClNO6S2/c1-24-17-5-4-15(11-16(17)18)27(22,23)19-8-6-14(7-9-19)26(20,21)12-13-3-2-10-25-13/h2-5,10-11,14H,6-9,12H2,1H3. The number of hydrogen-bond donors (Lipinski definition) is 0. The molecule has 1 aliphatic heterocycles. The average Bonchev–Trinajstić information content (AvgIpc) is 3.14. The van der Waals surface area contributed by atoms with Gasteiger partial charge in [-0.25, -0.2) is 16.8 Å². The van der Waals surface area contributed by atoms with Crippen molar-refractivity contribution in [2.24, 2.45) is 0 Å². The van der Waals surface area contributed by atoms with Crippen molar-refractivity contribution in [2.75, 3.05) is 20.2 Å². The van der Waals surface area contributed by atoms with Crippen LogP contribution < -0.4 is 4.74 Å². The van der Waals surface area contributed by atoms with Gasteiger partial charge in [-0.2, -0.15) is 4.31 Å². The zero-order chi connectivity index (χ0) is 19.7. The number of furan rings is 1. The molecular weight excluding hydrogens is 414 g/mol. The maximum absolute atomic E-state index is 12.8. The number of nitrogens with zero attached hydrogens (tertiary/aromatic N) is 1. The molecule has 0 atom stereocenters. The third kappa shape index (κ3) is 4.31. The number of piperidine rings is 1. The second kappa shape index (κ2) is 7.83. The van der Waals surface area contributed by atoms with Crippen molar-refractivity contribution in [2.45, 2.75) is 28.7 Å². The fraction of sp³-hybridized carbons (Fsp3) is 0.412. The Bertz CT molecular complexity index is 994. The molecule has 0 saturated carbocycles. The first-order valence-electron chi connectivity index (χ1n) is 8.31. The predicted octanol–water partition coefficient (Wildman–Crippen LogP) is 2.71. The van der Waals surface area contributed by atoms with Crippen LogP contribution in [0.25, 0.3) is 0 Å². The molecule has 7 nitrogen and oxygen atoms in total. The molecule has 1 aromatic carbocycles. The van der Waals surface area contributed by atoms with E-state index >= 15 is 0 Å². The van der Waals surface area contributed by atoms with Gasteiger partial charge in [-0.3, -0.25) is 0 Å². The van der Waals surface area contributed by atoms with Gasteiger partial charge < -0.3 is 9.15 Å². The van der Waals surface area contributed by atoms with Crippen molar-refractivity contribution in [3.05, 3.63) is 47.4 Å². The Morgan fingerprint density at radius 1 is 1.19 bits per heavy atom. The van der Waals surface area contributed by atoms with Crippen LogP contribution in [0.2, 0.25) is 5.02 Å². The first-order valence-corrected chi connectivity index (χ1v) is 11.8. The van der Waals surface area contributed by atoms with E-state index in [4.69, 9.17) is 20.8 Å². The minimum atomic E-state index is -3.75. The summed E-state index contributed by atoms with van der Waals surface area (Å²) in [6.45, 7) is 0.266. The number of sulfonamides is 1. The minimum Gasteiger partial charge on any atom is -0.495 e. The van der Waals surface area contributed by atoms with E-state index in [1.54, 1.807) is 12.1 Å². The Kier molecular flexibility index (Phi) is 5.85. The summed E-state index contributed by atoms with van der Waals surface area (Å²) < 4.78 is 62.1. The summed E-state index contributed by atoms with van der Waals surface area (Å²) in [4.78, 5) is 0.0604. The number of benzene rings is 1. The maximum Gasteiger partial charge on any atom is 0.243 e. The van der Waals surface area contributed by atoms with Gasteiger partial charge in [0.05, 0.1) is 28.5 Å². The lowest BCUT2D eigenvalue weighted by Gasteiger charge is -2.30. The number of halogens is 1. The number of rotatable bonds is 6. The van der Waals surface area contributed by atoms with E-state index in [0.717, 1.165) is 0 Å². The van der Waals surface area contributed by atoms with E-state index in [-0.39, 0.29) is 41.6 Å². The molecule has 0 aliphatic carbocycles. The van der Waals surface area contributed by atoms with Gasteiger partial charge in [0.25, 0.3) is 0 Å². The van der Waals surface area contributed by atoms with Crippen molar-refractivity contribution >= 4 is 31.5 Å². The van der Waals surface area contributed by atoms with Gasteiger partial charge in [-0.15, -0.1) is 0 Å². The summed E-state index contributed by atoms with van der Waals surface area (Å²) in [5, 5.41) is -0.386. The summed E-state index contributed by atoms with van der Waals surface area (Å²) in [7, 11) is -5.71. The number of sulfone groups is 1. The van der Waals surface area contributed by atoms with Crippen LogP contribution in [0.3, 0.4) is 0 Å². The van der Waals surface area contributed by atoms with Crippen LogP contribution in [-0.4, -0.2) is 46.6 Å². The monoisotopic (exact) mass is 433 g/mol. The molecule has 0 N–H and O–H groups in total. The van der Waals surface area contributed by atoms with Crippen LogP contribution in [0.5, 0.6) is 5.75 Å². The van der Waals surface area contributed by atoms with Gasteiger partial charge in [-0.05, 0) is 43.2 Å². The van der Waals surface area contributed by atoms with Crippen molar-refractivity contribution in [3.8, 4) is 5.75 Å². The van der Waals surface area contributed by atoms with Gasteiger partial charge in [0.1, 0.15) is 17.3 Å². The predicted molar refractivity (Wildman–Crippen MR) is 101 cm³/mol. The fourth-order valence-corrected chi connectivity index (χ4v) is 6.64. The summed E-state index contributed by atoms with van der Waals surface area (Å²) in [5.74, 6) is 0.599. The molecule has 3 rings (SSSR count). The van der Waals surface area contributed by atoms with Gasteiger partial charge >= 0.3 is 0 Å². The second-order valence-electron chi connectivity index (χ2n) is 6.29. The molecule has 0 unspecified atom stereocenters. The Hall–Kier alpha value is -1.55. The van der Waals surface area contributed by atoms with Gasteiger partial charge in [-0.1, -0.05) is 11.6 Å². The Labute approximate surface area is 163 Å². The van der Waals surface area contributed by atoms with E-state index in [9.17, 15) is 16.8 Å². The van der Waals surface area contributed by atoms with E-state index in [1.165, 1.54) is 35.9 Å². The molecule has 1 aliphatic rings. The molecule has 0 bridgehead atoms. The van der Waals surface area contributed by atoms with Crippen molar-refractivity contribution in [1.29, 1.82) is 0 Å². The lowest BCUT2D eigenvalue weighted by Crippen LogP contribution is -2.42. The topological polar surface area (TPSA) is 93.9 Å². The highest BCUT2D eigenvalue weighted by atomic mass is 35.5. The normalized spacial score (nSPS) is 17.1. The van der Waals surface area contributed by atoms with Crippen LogP contribution >= 0.6 is 11.6 Å². The summed E-state index contributed by atoms with van der Waals surface area (Å²) in [6, 6.07) is 7.52. The molecule has 1 saturated heterocycles. The van der Waals surface area contributed by atoms with E-state index in [0.29, 0.717) is 11.5 Å². The maximum atomic E-state index is 12.8. The highest BCUT2D eigenvalue weighted by Gasteiger charge is 2.35. The molecule has 0 spiro atoms. The van der Waals surface area contributed by atoms with Crippen LogP contribution in [0.1, 0.15) is 18.6 Å². The minimum absolute atomic E-state index is 0.0604. The highest BCUT2D eigenvalue weighted by Crippen LogP contribution is 2.30. The fourth-order valence-electron chi connectivity index (χ4n) is 3.10. The lowest BCUT2D eigenvalue weighted by atomic mass is 10.2. The van der Waals surface area contributed by atoms with Crippen LogP contribution in [0.15, 0.2) is 45.9 Å². The third-order valence-electron chi connectivity index (χ3n) is 4.59. The average molecular weight is 434 g/mol. The zero-order valence-corrected chi connectivity index (χ0v) is 17.1. The Morgan fingerprint density at radius 3 is 2.44 bits per heavy atom. The first-order chi connectivity index (χ1) is 12.7. The molecule has 27 heavy (non-hydrogen) atoms. The van der Waals surface area contributed by atoms with E-state index in [1.807, 2.05) is 0 Å². The smallest absolute Gasteiger partial charge is 0.243 e.